The molecule has 0 amide bonds. The van der Waals surface area contributed by atoms with Crippen LogP contribution >= 0.6 is 11.3 Å². The van der Waals surface area contributed by atoms with Gasteiger partial charge in [-0.2, -0.15) is 0 Å². The van der Waals surface area contributed by atoms with Crippen molar-refractivity contribution in [1.82, 2.24) is 5.32 Å². The van der Waals surface area contributed by atoms with Gasteiger partial charge in [0.25, 0.3) is 0 Å². The summed E-state index contributed by atoms with van der Waals surface area (Å²) in [7, 11) is 0. The van der Waals surface area contributed by atoms with E-state index in [-0.39, 0.29) is 0 Å². The molecule has 0 bridgehead atoms. The number of aryl methyl sites for hydroxylation is 2. The molecule has 0 fully saturated rings. The molecule has 1 aliphatic carbocycles. The number of rotatable bonds is 4. The Kier molecular flexibility index (Phi) is 4.04. The average Bonchev–Trinajstić information content (AvgIpc) is 2.84. The van der Waals surface area contributed by atoms with Crippen molar-refractivity contribution in [2.24, 2.45) is 0 Å². The summed E-state index contributed by atoms with van der Waals surface area (Å²) in [6.07, 6.45) is 4.86. The van der Waals surface area contributed by atoms with Crippen LogP contribution in [0.1, 0.15) is 48.0 Å². The van der Waals surface area contributed by atoms with Crippen LogP contribution in [0.4, 0.5) is 0 Å². The van der Waals surface area contributed by atoms with E-state index in [0.717, 1.165) is 13.0 Å². The number of hydrogen-bond acceptors (Lipinski definition) is 2. The fraction of sp³-hybridized carbons (Fsp3) is 0.571. The van der Waals surface area contributed by atoms with Gasteiger partial charge in [-0.1, -0.05) is 6.92 Å². The minimum absolute atomic E-state index is 0.438. The van der Waals surface area contributed by atoms with Gasteiger partial charge in [0.1, 0.15) is 0 Å². The van der Waals surface area contributed by atoms with Crippen molar-refractivity contribution in [2.45, 2.75) is 45.6 Å². The second-order valence-electron chi connectivity index (χ2n) is 4.19. The monoisotopic (exact) mass is 233 g/mol. The molecule has 0 aliphatic heterocycles. The highest BCUT2D eigenvalue weighted by atomic mass is 32.1. The minimum Gasteiger partial charge on any atom is -0.309 e. The van der Waals surface area contributed by atoms with E-state index in [0.29, 0.717) is 6.04 Å². The van der Waals surface area contributed by atoms with E-state index in [1.54, 1.807) is 10.4 Å². The lowest BCUT2D eigenvalue weighted by Crippen LogP contribution is -2.19. The number of hydrogen-bond donors (Lipinski definition) is 1. The number of fused-ring (bicyclic) bond motifs is 1. The molecular formula is C14H19NS. The maximum atomic E-state index is 3.53. The van der Waals surface area contributed by atoms with Crippen molar-refractivity contribution in [3.8, 4) is 11.8 Å². The molecule has 0 saturated carbocycles. The van der Waals surface area contributed by atoms with E-state index in [9.17, 15) is 0 Å². The predicted molar refractivity (Wildman–Crippen MR) is 70.8 cm³/mol. The molecule has 1 unspecified atom stereocenters. The molecule has 16 heavy (non-hydrogen) atoms. The second-order valence-corrected chi connectivity index (χ2v) is 5.36. The van der Waals surface area contributed by atoms with Gasteiger partial charge in [-0.25, -0.2) is 0 Å². The summed E-state index contributed by atoms with van der Waals surface area (Å²) < 4.78 is 0. The summed E-state index contributed by atoms with van der Waals surface area (Å²) >= 11 is 1.99. The zero-order valence-corrected chi connectivity index (χ0v) is 10.9. The average molecular weight is 233 g/mol. The molecule has 2 rings (SSSR count). The van der Waals surface area contributed by atoms with Gasteiger partial charge in [0.2, 0.25) is 0 Å². The Morgan fingerprint density at radius 1 is 1.50 bits per heavy atom. The predicted octanol–water partition coefficient (Wildman–Crippen LogP) is 3.30. The largest absolute Gasteiger partial charge is 0.309 e. The molecule has 0 saturated heterocycles. The maximum Gasteiger partial charge on any atom is 0.0525 e. The van der Waals surface area contributed by atoms with Crippen molar-refractivity contribution in [1.29, 1.82) is 0 Å². The number of nitrogens with one attached hydrogen (secondary N) is 1. The minimum atomic E-state index is 0.438. The Labute approximate surface area is 102 Å². The molecule has 1 nitrogen and oxygen atoms in total. The maximum absolute atomic E-state index is 3.53. The molecule has 2 heteroatoms. The Morgan fingerprint density at radius 2 is 2.38 bits per heavy atom. The van der Waals surface area contributed by atoms with Crippen LogP contribution in [-0.2, 0) is 12.8 Å². The van der Waals surface area contributed by atoms with Crippen LogP contribution in [0, 0.1) is 11.8 Å². The van der Waals surface area contributed by atoms with E-state index < -0.39 is 0 Å². The topological polar surface area (TPSA) is 12.0 Å². The Hall–Kier alpha value is -0.780. The van der Waals surface area contributed by atoms with Crippen LogP contribution in [0.15, 0.2) is 6.07 Å². The first kappa shape index (κ1) is 11.7. The molecule has 86 valence electrons. The Balaban J connectivity index is 2.13. The van der Waals surface area contributed by atoms with Crippen molar-refractivity contribution in [2.75, 3.05) is 6.54 Å². The van der Waals surface area contributed by atoms with Crippen LogP contribution in [-0.4, -0.2) is 6.54 Å². The number of thiophene rings is 1. The fourth-order valence-corrected chi connectivity index (χ4v) is 3.58. The summed E-state index contributed by atoms with van der Waals surface area (Å²) in [6, 6.07) is 2.84. The second kappa shape index (κ2) is 5.52. The van der Waals surface area contributed by atoms with E-state index in [4.69, 9.17) is 0 Å². The first-order valence-corrected chi connectivity index (χ1v) is 6.91. The lowest BCUT2D eigenvalue weighted by atomic mass is 10.1. The zero-order valence-electron chi connectivity index (χ0n) is 10.1. The third-order valence-corrected chi connectivity index (χ3v) is 4.39. The summed E-state index contributed by atoms with van der Waals surface area (Å²) in [5.74, 6) is 6.18. The van der Waals surface area contributed by atoms with Crippen LogP contribution in [0.2, 0.25) is 0 Å². The van der Waals surface area contributed by atoms with E-state index in [1.807, 2.05) is 18.3 Å². The van der Waals surface area contributed by atoms with Gasteiger partial charge in [-0.05, 0) is 44.4 Å². The molecule has 1 aliphatic rings. The first-order valence-electron chi connectivity index (χ1n) is 6.09. The van der Waals surface area contributed by atoms with Crippen molar-refractivity contribution < 1.29 is 0 Å². The fourth-order valence-electron chi connectivity index (χ4n) is 2.25. The van der Waals surface area contributed by atoms with Crippen molar-refractivity contribution in [3.63, 3.8) is 0 Å². The summed E-state index contributed by atoms with van der Waals surface area (Å²) in [5.41, 5.74) is 1.59. The summed E-state index contributed by atoms with van der Waals surface area (Å²) in [6.45, 7) is 5.09. The third-order valence-electron chi connectivity index (χ3n) is 3.04. The first-order chi connectivity index (χ1) is 7.85. The van der Waals surface area contributed by atoms with Crippen LogP contribution < -0.4 is 5.32 Å². The molecular weight excluding hydrogens is 214 g/mol. The highest BCUT2D eigenvalue weighted by molar-refractivity contribution is 7.12. The lowest BCUT2D eigenvalue weighted by Gasteiger charge is -2.13. The molecule has 1 aromatic heterocycles. The molecule has 1 aromatic rings. The van der Waals surface area contributed by atoms with Crippen molar-refractivity contribution >= 4 is 11.3 Å². The van der Waals surface area contributed by atoms with Crippen LogP contribution in [0.5, 0.6) is 0 Å². The van der Waals surface area contributed by atoms with Gasteiger partial charge < -0.3 is 5.32 Å². The van der Waals surface area contributed by atoms with E-state index in [2.05, 4.69) is 30.1 Å². The highest BCUT2D eigenvalue weighted by Gasteiger charge is 2.18. The molecule has 1 atom stereocenters. The van der Waals surface area contributed by atoms with E-state index in [1.165, 1.54) is 24.1 Å². The third kappa shape index (κ3) is 2.48. The molecule has 0 radical (unpaired) electrons. The smallest absolute Gasteiger partial charge is 0.0525 e. The van der Waals surface area contributed by atoms with Gasteiger partial charge in [-0.15, -0.1) is 23.2 Å². The molecule has 1 heterocycles. The molecule has 0 aromatic carbocycles. The van der Waals surface area contributed by atoms with Gasteiger partial charge in [0, 0.05) is 16.2 Å². The van der Waals surface area contributed by atoms with Crippen LogP contribution in [0.3, 0.4) is 0 Å². The van der Waals surface area contributed by atoms with Gasteiger partial charge in [-0.3, -0.25) is 0 Å². The SMILES string of the molecule is CC#CCC(NCC)c1cc2c(s1)CCC2. The van der Waals surface area contributed by atoms with Gasteiger partial charge in [0.05, 0.1) is 6.04 Å². The van der Waals surface area contributed by atoms with E-state index >= 15 is 0 Å². The Bertz CT molecular complexity index is 387. The van der Waals surface area contributed by atoms with Crippen LogP contribution in [0.25, 0.3) is 0 Å². The summed E-state index contributed by atoms with van der Waals surface area (Å²) in [4.78, 5) is 3.09. The summed E-state index contributed by atoms with van der Waals surface area (Å²) in [5, 5.41) is 3.53. The Morgan fingerprint density at radius 3 is 3.06 bits per heavy atom. The van der Waals surface area contributed by atoms with Gasteiger partial charge in [0.15, 0.2) is 0 Å². The molecule has 0 spiro atoms. The quantitative estimate of drug-likeness (QED) is 0.787. The molecule has 1 N–H and O–H groups in total. The highest BCUT2D eigenvalue weighted by Crippen LogP contribution is 2.34. The standard InChI is InChI=1S/C14H19NS/c1-3-5-8-12(15-4-2)14-10-11-7-6-9-13(11)16-14/h10,12,15H,4,6-9H2,1-2H3. The normalized spacial score (nSPS) is 15.4. The lowest BCUT2D eigenvalue weighted by molar-refractivity contribution is 0.573. The van der Waals surface area contributed by atoms with Gasteiger partial charge >= 0.3 is 0 Å². The van der Waals surface area contributed by atoms with Crippen molar-refractivity contribution in [3.05, 3.63) is 21.4 Å². The zero-order chi connectivity index (χ0) is 11.4.